The first-order valence-electron chi connectivity index (χ1n) is 5.28. The molecule has 1 unspecified atom stereocenters. The Kier molecular flexibility index (Phi) is 7.04. The van der Waals surface area contributed by atoms with E-state index in [0.29, 0.717) is 11.4 Å². The molecule has 0 aromatic heterocycles. The predicted octanol–water partition coefficient (Wildman–Crippen LogP) is 3.94. The largest absolute Gasteiger partial charge is 0.383 e. The maximum absolute atomic E-state index is 6.18. The van der Waals surface area contributed by atoms with Crippen molar-refractivity contribution in [2.75, 3.05) is 27.3 Å². The van der Waals surface area contributed by atoms with Gasteiger partial charge in [-0.2, -0.15) is 0 Å². The van der Waals surface area contributed by atoms with Gasteiger partial charge in [-0.15, -0.1) is 0 Å². The summed E-state index contributed by atoms with van der Waals surface area (Å²) in [5, 5.41) is 0.795. The van der Waals surface area contributed by atoms with Crippen molar-refractivity contribution in [2.24, 2.45) is 0 Å². The van der Waals surface area contributed by atoms with Gasteiger partial charge in [0.15, 0.2) is 0 Å². The van der Waals surface area contributed by atoms with E-state index in [9.17, 15) is 0 Å². The van der Waals surface area contributed by atoms with E-state index in [0.717, 1.165) is 28.1 Å². The maximum Gasteiger partial charge on any atom is 0.0600 e. The first-order chi connectivity index (χ1) is 8.02. The van der Waals surface area contributed by atoms with Gasteiger partial charge in [0.1, 0.15) is 0 Å². The van der Waals surface area contributed by atoms with Gasteiger partial charge in [0.2, 0.25) is 0 Å². The number of ether oxygens (including phenoxy) is 1. The molecule has 96 valence electrons. The quantitative estimate of drug-likeness (QED) is 0.688. The van der Waals surface area contributed by atoms with Crippen molar-refractivity contribution in [3.05, 3.63) is 33.3 Å². The van der Waals surface area contributed by atoms with Gasteiger partial charge < -0.3 is 9.64 Å². The minimum atomic E-state index is 0.340. The zero-order chi connectivity index (χ0) is 12.8. The highest BCUT2D eigenvalue weighted by atomic mass is 79.9. The molecule has 0 radical (unpaired) electrons. The van der Waals surface area contributed by atoms with Gasteiger partial charge in [0.05, 0.1) is 11.4 Å². The van der Waals surface area contributed by atoms with Crippen LogP contribution in [0.5, 0.6) is 0 Å². The Morgan fingerprint density at radius 3 is 2.76 bits per heavy atom. The highest BCUT2D eigenvalue weighted by molar-refractivity contribution is 9.10. The lowest BCUT2D eigenvalue weighted by Crippen LogP contribution is -2.28. The molecule has 1 rings (SSSR count). The second-order valence-electron chi connectivity index (χ2n) is 3.99. The standard InChI is InChI=1S/C12H16Br2ClNO/c1-16(7-11(14)8-17-2)6-9-3-4-10(13)5-12(9)15/h3-5,11H,6-8H2,1-2H3. The van der Waals surface area contributed by atoms with Gasteiger partial charge in [0.25, 0.3) is 0 Å². The Morgan fingerprint density at radius 2 is 2.18 bits per heavy atom. The van der Waals surface area contributed by atoms with Crippen molar-refractivity contribution in [3.8, 4) is 0 Å². The van der Waals surface area contributed by atoms with Crippen LogP contribution in [0.25, 0.3) is 0 Å². The minimum absolute atomic E-state index is 0.340. The fraction of sp³-hybridized carbons (Fsp3) is 0.500. The van der Waals surface area contributed by atoms with Crippen LogP contribution in [-0.2, 0) is 11.3 Å². The molecule has 0 saturated carbocycles. The average molecular weight is 386 g/mol. The lowest BCUT2D eigenvalue weighted by Gasteiger charge is -2.20. The van der Waals surface area contributed by atoms with Crippen molar-refractivity contribution in [3.63, 3.8) is 0 Å². The lowest BCUT2D eigenvalue weighted by molar-refractivity contribution is 0.185. The lowest BCUT2D eigenvalue weighted by atomic mass is 10.2. The molecule has 0 spiro atoms. The van der Waals surface area contributed by atoms with Gasteiger partial charge in [0, 0.05) is 29.7 Å². The van der Waals surface area contributed by atoms with Crippen LogP contribution in [0.1, 0.15) is 5.56 Å². The number of rotatable bonds is 6. The van der Waals surface area contributed by atoms with E-state index in [1.807, 2.05) is 18.2 Å². The van der Waals surface area contributed by atoms with E-state index in [2.05, 4.69) is 43.8 Å². The number of hydrogen-bond acceptors (Lipinski definition) is 2. The Labute approximate surface area is 125 Å². The van der Waals surface area contributed by atoms with Crippen LogP contribution in [0.3, 0.4) is 0 Å². The molecule has 1 atom stereocenters. The molecule has 0 saturated heterocycles. The summed E-state index contributed by atoms with van der Waals surface area (Å²) in [7, 11) is 3.78. The summed E-state index contributed by atoms with van der Waals surface area (Å²) in [5.74, 6) is 0. The molecule has 1 aromatic carbocycles. The van der Waals surface area contributed by atoms with Crippen LogP contribution in [-0.4, -0.2) is 37.0 Å². The number of halogens is 3. The van der Waals surface area contributed by atoms with Crippen molar-refractivity contribution in [2.45, 2.75) is 11.4 Å². The van der Waals surface area contributed by atoms with Gasteiger partial charge in [-0.05, 0) is 24.7 Å². The molecule has 0 N–H and O–H groups in total. The monoisotopic (exact) mass is 383 g/mol. The molecular formula is C12H16Br2ClNO. The molecule has 0 fully saturated rings. The average Bonchev–Trinajstić information content (AvgIpc) is 2.22. The summed E-state index contributed by atoms with van der Waals surface area (Å²) >= 11 is 13.2. The van der Waals surface area contributed by atoms with E-state index in [1.165, 1.54) is 0 Å². The number of hydrogen-bond donors (Lipinski definition) is 0. The highest BCUT2D eigenvalue weighted by Gasteiger charge is 2.10. The Morgan fingerprint density at radius 1 is 1.47 bits per heavy atom. The molecular weight excluding hydrogens is 369 g/mol. The minimum Gasteiger partial charge on any atom is -0.383 e. The van der Waals surface area contributed by atoms with Crippen LogP contribution in [0.2, 0.25) is 5.02 Å². The third kappa shape index (κ3) is 5.71. The Balaban J connectivity index is 2.52. The van der Waals surface area contributed by atoms with Crippen LogP contribution in [0, 0.1) is 0 Å². The fourth-order valence-corrected chi connectivity index (χ4v) is 3.07. The van der Waals surface area contributed by atoms with Crippen molar-refractivity contribution in [1.29, 1.82) is 0 Å². The first-order valence-corrected chi connectivity index (χ1v) is 7.37. The fourth-order valence-electron chi connectivity index (χ4n) is 1.58. The highest BCUT2D eigenvalue weighted by Crippen LogP contribution is 2.22. The topological polar surface area (TPSA) is 12.5 Å². The zero-order valence-corrected chi connectivity index (χ0v) is 13.8. The molecule has 17 heavy (non-hydrogen) atoms. The molecule has 0 aliphatic heterocycles. The van der Waals surface area contributed by atoms with E-state index in [-0.39, 0.29) is 0 Å². The van der Waals surface area contributed by atoms with Crippen molar-refractivity contribution in [1.82, 2.24) is 4.90 Å². The summed E-state index contributed by atoms with van der Waals surface area (Å²) in [4.78, 5) is 2.56. The second-order valence-corrected chi connectivity index (χ2v) is 6.60. The molecule has 1 aromatic rings. The van der Waals surface area contributed by atoms with Gasteiger partial charge in [-0.25, -0.2) is 0 Å². The van der Waals surface area contributed by atoms with Crippen molar-refractivity contribution < 1.29 is 4.74 Å². The van der Waals surface area contributed by atoms with Gasteiger partial charge in [-0.3, -0.25) is 0 Å². The summed E-state index contributed by atoms with van der Waals surface area (Å²) in [5.41, 5.74) is 1.13. The Bertz CT molecular complexity index is 362. The zero-order valence-electron chi connectivity index (χ0n) is 9.92. The summed E-state index contributed by atoms with van der Waals surface area (Å²) in [6.45, 7) is 2.45. The summed E-state index contributed by atoms with van der Waals surface area (Å²) in [6.07, 6.45) is 0. The molecule has 5 heteroatoms. The number of benzene rings is 1. The first kappa shape index (κ1) is 15.4. The van der Waals surface area contributed by atoms with Crippen molar-refractivity contribution >= 4 is 43.5 Å². The number of nitrogens with zero attached hydrogens (tertiary/aromatic N) is 1. The normalized spacial score (nSPS) is 13.1. The number of alkyl halides is 1. The smallest absolute Gasteiger partial charge is 0.0600 e. The molecule has 0 aliphatic rings. The van der Waals surface area contributed by atoms with Gasteiger partial charge in [-0.1, -0.05) is 49.5 Å². The SMILES string of the molecule is COCC(Br)CN(C)Cc1ccc(Br)cc1Cl. The third-order valence-corrected chi connectivity index (χ3v) is 3.71. The Hall–Kier alpha value is 0.390. The van der Waals surface area contributed by atoms with Crippen LogP contribution in [0.15, 0.2) is 22.7 Å². The van der Waals surface area contributed by atoms with E-state index in [1.54, 1.807) is 7.11 Å². The van der Waals surface area contributed by atoms with E-state index in [4.69, 9.17) is 16.3 Å². The molecule has 2 nitrogen and oxygen atoms in total. The molecule has 0 aliphatic carbocycles. The molecule has 0 amide bonds. The maximum atomic E-state index is 6.18. The van der Waals surface area contributed by atoms with Crippen LogP contribution >= 0.6 is 43.5 Å². The van der Waals surface area contributed by atoms with E-state index < -0.39 is 0 Å². The molecule has 0 heterocycles. The predicted molar refractivity (Wildman–Crippen MR) is 80.1 cm³/mol. The molecule has 0 bridgehead atoms. The van der Waals surface area contributed by atoms with Gasteiger partial charge >= 0.3 is 0 Å². The van der Waals surface area contributed by atoms with E-state index >= 15 is 0 Å². The summed E-state index contributed by atoms with van der Waals surface area (Å²) < 4.78 is 6.09. The third-order valence-electron chi connectivity index (χ3n) is 2.31. The number of methoxy groups -OCH3 is 1. The van der Waals surface area contributed by atoms with Crippen LogP contribution < -0.4 is 0 Å². The second kappa shape index (κ2) is 7.74. The summed E-state index contributed by atoms with van der Waals surface area (Å²) in [6, 6.07) is 5.98. The van der Waals surface area contributed by atoms with Crippen LogP contribution in [0.4, 0.5) is 0 Å².